The summed E-state index contributed by atoms with van der Waals surface area (Å²) in [4.78, 5) is 19.1. The van der Waals surface area contributed by atoms with Crippen molar-refractivity contribution >= 4 is 21.6 Å². The standard InChI is InChI=1S/C22H30N6O3S/c1-17-13-21(28(24-17)18-5-3-2-4-6-18)26-9-7-25(8-10-26)19-14-20(23-15-19)22(29)27-11-12-32(30,31)16-27/h2-6,13,19-20,23H,7-12,14-16H2,1H3/t19-,20-/m0/s1. The van der Waals surface area contributed by atoms with Crippen molar-refractivity contribution < 1.29 is 13.2 Å². The van der Waals surface area contributed by atoms with Crippen LogP contribution in [0.15, 0.2) is 36.4 Å². The van der Waals surface area contributed by atoms with Crippen LogP contribution in [0, 0.1) is 6.92 Å². The van der Waals surface area contributed by atoms with Gasteiger partial charge in [0.05, 0.1) is 23.2 Å². The quantitative estimate of drug-likeness (QED) is 0.702. The number of carbonyl (C=O) groups excluding carboxylic acids is 1. The summed E-state index contributed by atoms with van der Waals surface area (Å²) in [5.74, 6) is 0.980. The second-order valence-corrected chi connectivity index (χ2v) is 11.1. The number of aromatic nitrogens is 2. The molecule has 0 unspecified atom stereocenters. The van der Waals surface area contributed by atoms with Crippen LogP contribution in [0.25, 0.3) is 5.69 Å². The van der Waals surface area contributed by atoms with E-state index in [4.69, 9.17) is 5.10 Å². The molecule has 4 heterocycles. The Bertz CT molecular complexity index is 1080. The van der Waals surface area contributed by atoms with Crippen LogP contribution in [-0.4, -0.2) is 96.9 Å². The molecule has 2 atom stereocenters. The highest BCUT2D eigenvalue weighted by Crippen LogP contribution is 2.24. The molecule has 1 aromatic heterocycles. The fourth-order valence-electron chi connectivity index (χ4n) is 4.98. The van der Waals surface area contributed by atoms with Gasteiger partial charge in [-0.15, -0.1) is 0 Å². The maximum absolute atomic E-state index is 12.7. The van der Waals surface area contributed by atoms with Gasteiger partial charge in [-0.25, -0.2) is 13.1 Å². The van der Waals surface area contributed by atoms with E-state index in [2.05, 4.69) is 33.3 Å². The van der Waals surface area contributed by atoms with Crippen LogP contribution >= 0.6 is 0 Å². The number of hydrogen-bond acceptors (Lipinski definition) is 7. The van der Waals surface area contributed by atoms with Gasteiger partial charge in [0.15, 0.2) is 9.84 Å². The second kappa shape index (κ2) is 8.49. The number of benzene rings is 1. The molecule has 3 fully saturated rings. The van der Waals surface area contributed by atoms with Crippen LogP contribution in [0.4, 0.5) is 5.82 Å². The minimum absolute atomic E-state index is 0.0746. The zero-order valence-electron chi connectivity index (χ0n) is 18.4. The SMILES string of the molecule is Cc1cc(N2CCN([C@@H]3CN[C@H](C(=O)N4CCS(=O)(=O)C4)C3)CC2)n(-c2ccccc2)n1. The first kappa shape index (κ1) is 21.4. The van der Waals surface area contributed by atoms with Gasteiger partial charge in [-0.05, 0) is 25.5 Å². The Morgan fingerprint density at radius 3 is 2.53 bits per heavy atom. The molecule has 1 N–H and O–H groups in total. The van der Waals surface area contributed by atoms with E-state index in [1.165, 1.54) is 4.90 Å². The fourth-order valence-corrected chi connectivity index (χ4v) is 6.34. The van der Waals surface area contributed by atoms with Gasteiger partial charge in [-0.3, -0.25) is 9.69 Å². The Balaban J connectivity index is 1.19. The third kappa shape index (κ3) is 4.26. The van der Waals surface area contributed by atoms with Crippen molar-refractivity contribution in [1.82, 2.24) is 24.9 Å². The number of amides is 1. The van der Waals surface area contributed by atoms with Crippen LogP contribution in [0.1, 0.15) is 12.1 Å². The summed E-state index contributed by atoms with van der Waals surface area (Å²) in [6.45, 7) is 6.74. The minimum atomic E-state index is -3.10. The van der Waals surface area contributed by atoms with Crippen molar-refractivity contribution in [2.24, 2.45) is 0 Å². The number of anilines is 1. The molecule has 1 aromatic carbocycles. The molecule has 172 valence electrons. The fraction of sp³-hybridized carbons (Fsp3) is 0.545. The van der Waals surface area contributed by atoms with Gasteiger partial charge in [-0.2, -0.15) is 5.10 Å². The average molecular weight is 459 g/mol. The van der Waals surface area contributed by atoms with Crippen molar-refractivity contribution in [3.05, 3.63) is 42.1 Å². The van der Waals surface area contributed by atoms with Crippen LogP contribution in [0.5, 0.6) is 0 Å². The van der Waals surface area contributed by atoms with Crippen molar-refractivity contribution in [3.63, 3.8) is 0 Å². The zero-order chi connectivity index (χ0) is 22.3. The Kier molecular flexibility index (Phi) is 5.68. The largest absolute Gasteiger partial charge is 0.354 e. The molecule has 2 aromatic rings. The van der Waals surface area contributed by atoms with E-state index in [-0.39, 0.29) is 23.6 Å². The molecule has 1 amide bonds. The maximum Gasteiger partial charge on any atom is 0.240 e. The summed E-state index contributed by atoms with van der Waals surface area (Å²) in [5, 5.41) is 8.03. The number of aryl methyl sites for hydroxylation is 1. The van der Waals surface area contributed by atoms with Gasteiger partial charge >= 0.3 is 0 Å². The summed E-state index contributed by atoms with van der Waals surface area (Å²) in [6, 6.07) is 12.3. The molecule has 32 heavy (non-hydrogen) atoms. The molecule has 3 aliphatic heterocycles. The summed E-state index contributed by atoms with van der Waals surface area (Å²) in [7, 11) is -3.10. The molecule has 0 aliphatic carbocycles. The number of nitrogens with zero attached hydrogens (tertiary/aromatic N) is 5. The highest BCUT2D eigenvalue weighted by Gasteiger charge is 2.39. The van der Waals surface area contributed by atoms with Crippen LogP contribution in [-0.2, 0) is 14.6 Å². The molecule has 10 heteroatoms. The highest BCUT2D eigenvalue weighted by atomic mass is 32.2. The van der Waals surface area contributed by atoms with E-state index in [9.17, 15) is 13.2 Å². The van der Waals surface area contributed by atoms with Gasteiger partial charge in [0.1, 0.15) is 11.7 Å². The monoisotopic (exact) mass is 458 g/mol. The van der Waals surface area contributed by atoms with E-state index in [1.54, 1.807) is 0 Å². The summed E-state index contributed by atoms with van der Waals surface area (Å²) in [5.41, 5.74) is 2.06. The Morgan fingerprint density at radius 1 is 1.09 bits per heavy atom. The summed E-state index contributed by atoms with van der Waals surface area (Å²) >= 11 is 0. The van der Waals surface area contributed by atoms with Gasteiger partial charge in [-0.1, -0.05) is 18.2 Å². The third-order valence-electron chi connectivity index (χ3n) is 6.71. The van der Waals surface area contributed by atoms with Crippen LogP contribution < -0.4 is 10.2 Å². The number of sulfone groups is 1. The van der Waals surface area contributed by atoms with Crippen molar-refractivity contribution in [1.29, 1.82) is 0 Å². The molecule has 5 rings (SSSR count). The molecule has 0 saturated carbocycles. The van der Waals surface area contributed by atoms with Crippen molar-refractivity contribution in [3.8, 4) is 5.69 Å². The van der Waals surface area contributed by atoms with Gasteiger partial charge < -0.3 is 15.1 Å². The lowest BCUT2D eigenvalue weighted by atomic mass is 10.1. The Morgan fingerprint density at radius 2 is 1.84 bits per heavy atom. The Labute approximate surface area is 188 Å². The first-order chi connectivity index (χ1) is 15.4. The topological polar surface area (TPSA) is 90.8 Å². The van der Waals surface area contributed by atoms with Crippen molar-refractivity contribution in [2.45, 2.75) is 25.4 Å². The number of nitrogens with one attached hydrogen (secondary N) is 1. The molecule has 0 spiro atoms. The Hall–Kier alpha value is -2.43. The summed E-state index contributed by atoms with van der Waals surface area (Å²) < 4.78 is 25.4. The van der Waals surface area contributed by atoms with Gasteiger partial charge in [0.25, 0.3) is 0 Å². The van der Waals surface area contributed by atoms with Crippen LogP contribution in [0.2, 0.25) is 0 Å². The van der Waals surface area contributed by atoms with E-state index >= 15 is 0 Å². The first-order valence-corrected chi connectivity index (χ1v) is 13.1. The predicted octanol–water partition coefficient (Wildman–Crippen LogP) is 0.248. The third-order valence-corrected chi connectivity index (χ3v) is 8.22. The van der Waals surface area contributed by atoms with E-state index < -0.39 is 9.84 Å². The number of para-hydroxylation sites is 1. The lowest BCUT2D eigenvalue weighted by molar-refractivity contribution is -0.131. The normalized spacial score (nSPS) is 26.0. The van der Waals surface area contributed by atoms with E-state index in [1.807, 2.05) is 29.8 Å². The maximum atomic E-state index is 12.7. The molecule has 0 radical (unpaired) electrons. The highest BCUT2D eigenvalue weighted by molar-refractivity contribution is 7.91. The number of rotatable bonds is 4. The molecular weight excluding hydrogens is 428 g/mol. The first-order valence-electron chi connectivity index (χ1n) is 11.2. The molecule has 9 nitrogen and oxygen atoms in total. The minimum Gasteiger partial charge on any atom is -0.354 e. The lowest BCUT2D eigenvalue weighted by Crippen LogP contribution is -2.51. The van der Waals surface area contributed by atoms with Gasteiger partial charge in [0, 0.05) is 51.4 Å². The molecule has 0 bridgehead atoms. The smallest absolute Gasteiger partial charge is 0.240 e. The number of carbonyl (C=O) groups is 1. The second-order valence-electron chi connectivity index (χ2n) is 8.94. The lowest BCUT2D eigenvalue weighted by Gasteiger charge is -2.38. The summed E-state index contributed by atoms with van der Waals surface area (Å²) in [6.07, 6.45) is 0.733. The molecule has 3 aliphatic rings. The number of hydrogen-bond donors (Lipinski definition) is 1. The van der Waals surface area contributed by atoms with E-state index in [0.29, 0.717) is 12.6 Å². The van der Waals surface area contributed by atoms with Gasteiger partial charge in [0.2, 0.25) is 5.91 Å². The molecular formula is C22H30N6O3S. The predicted molar refractivity (Wildman–Crippen MR) is 123 cm³/mol. The van der Waals surface area contributed by atoms with E-state index in [0.717, 1.165) is 56.3 Å². The van der Waals surface area contributed by atoms with Crippen molar-refractivity contribution in [2.75, 3.05) is 55.8 Å². The zero-order valence-corrected chi connectivity index (χ0v) is 19.2. The number of piperazine rings is 1. The average Bonchev–Trinajstić information content (AvgIpc) is 3.52. The van der Waals surface area contributed by atoms with Crippen LogP contribution in [0.3, 0.4) is 0 Å². The molecule has 3 saturated heterocycles.